The Hall–Kier alpha value is -0.830. The standard InChI is InChI=1S/C15H23BrN4O.HI/c1-11(2)20-15(17-3)19-9-5-8-18-14(21)12-6-4-7-13(16)10-12;/h4,6-7,10-11H,5,8-9H2,1-3H3,(H,18,21)(H2,17,19,20);1H. The van der Waals surface area contributed by atoms with Crippen LogP contribution in [0.15, 0.2) is 33.7 Å². The lowest BCUT2D eigenvalue weighted by Crippen LogP contribution is -2.42. The third-order valence-electron chi connectivity index (χ3n) is 2.67. The van der Waals surface area contributed by atoms with E-state index in [9.17, 15) is 4.79 Å². The van der Waals surface area contributed by atoms with Gasteiger partial charge in [-0.2, -0.15) is 0 Å². The van der Waals surface area contributed by atoms with E-state index in [-0.39, 0.29) is 29.9 Å². The van der Waals surface area contributed by atoms with Gasteiger partial charge in [-0.3, -0.25) is 9.79 Å². The highest BCUT2D eigenvalue weighted by Gasteiger charge is 2.04. The molecule has 0 aliphatic rings. The van der Waals surface area contributed by atoms with E-state index < -0.39 is 0 Å². The summed E-state index contributed by atoms with van der Waals surface area (Å²) in [5, 5.41) is 9.31. The second-order valence-electron chi connectivity index (χ2n) is 4.92. The van der Waals surface area contributed by atoms with Crippen molar-refractivity contribution in [3.63, 3.8) is 0 Å². The molecule has 1 aromatic rings. The highest BCUT2D eigenvalue weighted by atomic mass is 127. The van der Waals surface area contributed by atoms with Crippen molar-refractivity contribution in [1.82, 2.24) is 16.0 Å². The number of aliphatic imine (C=N–C) groups is 1. The fourth-order valence-corrected chi connectivity index (χ4v) is 2.10. The van der Waals surface area contributed by atoms with Crippen LogP contribution < -0.4 is 16.0 Å². The number of carbonyl (C=O) groups is 1. The first kappa shape index (κ1) is 21.2. The molecule has 1 rings (SSSR count). The molecule has 7 heteroatoms. The van der Waals surface area contributed by atoms with Crippen LogP contribution in [0.3, 0.4) is 0 Å². The maximum absolute atomic E-state index is 11.9. The number of rotatable bonds is 6. The number of hydrogen-bond donors (Lipinski definition) is 3. The van der Waals surface area contributed by atoms with Crippen LogP contribution >= 0.6 is 39.9 Å². The van der Waals surface area contributed by atoms with Crippen LogP contribution in [-0.4, -0.2) is 38.0 Å². The summed E-state index contributed by atoms with van der Waals surface area (Å²) < 4.78 is 0.903. The summed E-state index contributed by atoms with van der Waals surface area (Å²) in [6.45, 7) is 5.50. The Kier molecular flexibility index (Phi) is 11.3. The molecule has 0 spiro atoms. The Morgan fingerprint density at radius 2 is 1.95 bits per heavy atom. The number of nitrogens with one attached hydrogen (secondary N) is 3. The quantitative estimate of drug-likeness (QED) is 0.253. The molecule has 3 N–H and O–H groups in total. The maximum atomic E-state index is 11.9. The Balaban J connectivity index is 0.00000441. The van der Waals surface area contributed by atoms with Crippen LogP contribution in [0.1, 0.15) is 30.6 Å². The molecule has 22 heavy (non-hydrogen) atoms. The van der Waals surface area contributed by atoms with Crippen LogP contribution in [0.2, 0.25) is 0 Å². The lowest BCUT2D eigenvalue weighted by Gasteiger charge is -2.14. The number of carbonyl (C=O) groups excluding carboxylic acids is 1. The Labute approximate surface area is 157 Å². The van der Waals surface area contributed by atoms with Crippen LogP contribution in [-0.2, 0) is 0 Å². The van der Waals surface area contributed by atoms with Crippen molar-refractivity contribution in [2.45, 2.75) is 26.3 Å². The fourth-order valence-electron chi connectivity index (χ4n) is 1.70. The second-order valence-corrected chi connectivity index (χ2v) is 5.83. The lowest BCUT2D eigenvalue weighted by molar-refractivity contribution is 0.0953. The van der Waals surface area contributed by atoms with Crippen molar-refractivity contribution in [3.8, 4) is 0 Å². The highest BCUT2D eigenvalue weighted by molar-refractivity contribution is 14.0. The summed E-state index contributed by atoms with van der Waals surface area (Å²) >= 11 is 3.36. The van der Waals surface area contributed by atoms with Gasteiger partial charge in [0.25, 0.3) is 5.91 Å². The first-order chi connectivity index (χ1) is 10.0. The van der Waals surface area contributed by atoms with Crippen molar-refractivity contribution >= 4 is 51.8 Å². The minimum atomic E-state index is -0.0546. The predicted molar refractivity (Wildman–Crippen MR) is 106 cm³/mol. The van der Waals surface area contributed by atoms with Gasteiger partial charge in [-0.15, -0.1) is 24.0 Å². The van der Waals surface area contributed by atoms with Crippen molar-refractivity contribution in [3.05, 3.63) is 34.3 Å². The van der Waals surface area contributed by atoms with Crippen molar-refractivity contribution < 1.29 is 4.79 Å². The molecule has 0 saturated carbocycles. The molecule has 1 amide bonds. The van der Waals surface area contributed by atoms with Crippen LogP contribution in [0, 0.1) is 0 Å². The number of amides is 1. The van der Waals surface area contributed by atoms with Gasteiger partial charge in [0, 0.05) is 36.2 Å². The van der Waals surface area contributed by atoms with E-state index in [4.69, 9.17) is 0 Å². The molecule has 1 aromatic carbocycles. The number of nitrogens with zero attached hydrogens (tertiary/aromatic N) is 1. The molecule has 0 saturated heterocycles. The van der Waals surface area contributed by atoms with E-state index in [1.54, 1.807) is 13.1 Å². The van der Waals surface area contributed by atoms with E-state index in [1.807, 2.05) is 18.2 Å². The normalized spacial score (nSPS) is 10.9. The van der Waals surface area contributed by atoms with Gasteiger partial charge in [0.1, 0.15) is 0 Å². The third-order valence-corrected chi connectivity index (χ3v) is 3.16. The molecule has 0 aliphatic heterocycles. The monoisotopic (exact) mass is 482 g/mol. The SMILES string of the molecule is CN=C(NCCCNC(=O)c1cccc(Br)c1)NC(C)C.I. The summed E-state index contributed by atoms with van der Waals surface area (Å²) in [5.41, 5.74) is 0.662. The Bertz CT molecular complexity index is 494. The zero-order valence-electron chi connectivity index (χ0n) is 13.1. The van der Waals surface area contributed by atoms with Gasteiger partial charge >= 0.3 is 0 Å². The summed E-state index contributed by atoms with van der Waals surface area (Å²) in [6, 6.07) is 7.69. The molecule has 5 nitrogen and oxygen atoms in total. The zero-order chi connectivity index (χ0) is 15.7. The van der Waals surface area contributed by atoms with Gasteiger partial charge in [-0.25, -0.2) is 0 Å². The molecule has 0 radical (unpaired) electrons. The summed E-state index contributed by atoms with van der Waals surface area (Å²) in [4.78, 5) is 16.0. The van der Waals surface area contributed by atoms with E-state index in [0.29, 0.717) is 18.2 Å². The van der Waals surface area contributed by atoms with Gasteiger partial charge < -0.3 is 16.0 Å². The van der Waals surface area contributed by atoms with Gasteiger partial charge in [0.05, 0.1) is 0 Å². The van der Waals surface area contributed by atoms with Gasteiger partial charge in [0.2, 0.25) is 0 Å². The first-order valence-corrected chi connectivity index (χ1v) is 7.83. The topological polar surface area (TPSA) is 65.5 Å². The fraction of sp³-hybridized carbons (Fsp3) is 0.467. The van der Waals surface area contributed by atoms with Crippen molar-refractivity contribution in [2.75, 3.05) is 20.1 Å². The molecule has 0 atom stereocenters. The molecule has 124 valence electrons. The molecule has 0 heterocycles. The minimum absolute atomic E-state index is 0. The molecular weight excluding hydrogens is 459 g/mol. The second kappa shape index (κ2) is 11.7. The summed E-state index contributed by atoms with van der Waals surface area (Å²) in [7, 11) is 1.74. The first-order valence-electron chi connectivity index (χ1n) is 7.04. The van der Waals surface area contributed by atoms with Crippen molar-refractivity contribution in [2.24, 2.45) is 4.99 Å². The Morgan fingerprint density at radius 3 is 2.55 bits per heavy atom. The maximum Gasteiger partial charge on any atom is 0.251 e. The average Bonchev–Trinajstić information content (AvgIpc) is 2.45. The van der Waals surface area contributed by atoms with Gasteiger partial charge in [-0.1, -0.05) is 22.0 Å². The molecule has 0 aromatic heterocycles. The molecular formula is C15H24BrIN4O. The highest BCUT2D eigenvalue weighted by Crippen LogP contribution is 2.11. The smallest absolute Gasteiger partial charge is 0.251 e. The molecule has 0 bridgehead atoms. The number of hydrogen-bond acceptors (Lipinski definition) is 2. The van der Waals surface area contributed by atoms with E-state index in [1.165, 1.54) is 0 Å². The van der Waals surface area contributed by atoms with E-state index in [0.717, 1.165) is 23.4 Å². The largest absolute Gasteiger partial charge is 0.356 e. The predicted octanol–water partition coefficient (Wildman–Crippen LogP) is 2.76. The lowest BCUT2D eigenvalue weighted by atomic mass is 10.2. The van der Waals surface area contributed by atoms with Crippen LogP contribution in [0.25, 0.3) is 0 Å². The summed E-state index contributed by atoms with van der Waals surface area (Å²) in [5.74, 6) is 0.726. The molecule has 0 unspecified atom stereocenters. The van der Waals surface area contributed by atoms with Gasteiger partial charge in [0.15, 0.2) is 5.96 Å². The van der Waals surface area contributed by atoms with Crippen LogP contribution in [0.5, 0.6) is 0 Å². The van der Waals surface area contributed by atoms with Crippen LogP contribution in [0.4, 0.5) is 0 Å². The average molecular weight is 483 g/mol. The molecule has 0 aliphatic carbocycles. The number of guanidine groups is 1. The van der Waals surface area contributed by atoms with E-state index >= 15 is 0 Å². The molecule has 0 fully saturated rings. The van der Waals surface area contributed by atoms with E-state index in [2.05, 4.69) is 50.7 Å². The Morgan fingerprint density at radius 1 is 1.27 bits per heavy atom. The number of benzene rings is 1. The minimum Gasteiger partial charge on any atom is -0.356 e. The van der Waals surface area contributed by atoms with Gasteiger partial charge in [-0.05, 0) is 38.5 Å². The number of halogens is 2. The zero-order valence-corrected chi connectivity index (χ0v) is 17.1. The third kappa shape index (κ3) is 8.57. The summed E-state index contributed by atoms with van der Waals surface area (Å²) in [6.07, 6.45) is 0.832. The van der Waals surface area contributed by atoms with Crippen molar-refractivity contribution in [1.29, 1.82) is 0 Å².